The van der Waals surface area contributed by atoms with E-state index in [1.807, 2.05) is 0 Å². The van der Waals surface area contributed by atoms with Gasteiger partial charge in [-0.05, 0) is 121 Å². The number of fused-ring (bicyclic) bond motifs is 6. The fourth-order valence-corrected chi connectivity index (χ4v) is 14.1. The Kier molecular flexibility index (Phi) is 13.7. The number of allylic oxidation sites excluding steroid dienone is 3. The Balaban J connectivity index is 1.49. The molecule has 3 aliphatic rings. The first-order chi connectivity index (χ1) is 34.8. The van der Waals surface area contributed by atoms with Gasteiger partial charge in [0, 0.05) is 56.0 Å². The molecule has 0 fully saturated rings. The van der Waals surface area contributed by atoms with E-state index in [1.54, 1.807) is 4.88 Å². The molecule has 0 radical (unpaired) electrons. The molecule has 372 valence electrons. The van der Waals surface area contributed by atoms with Crippen LogP contribution in [-0.4, -0.2) is 83.9 Å². The number of nitrogens with zero attached hydrogens (tertiary/aromatic N) is 3. The van der Waals surface area contributed by atoms with Crippen molar-refractivity contribution in [2.45, 2.75) is 130 Å². The topological polar surface area (TPSA) is 9.72 Å². The first-order valence-corrected chi connectivity index (χ1v) is 28.6. The van der Waals surface area contributed by atoms with Gasteiger partial charge in [-0.2, -0.15) is 11.3 Å². The minimum Gasteiger partial charge on any atom is -0.339 e. The Morgan fingerprint density at radius 3 is 1.59 bits per heavy atom. The summed E-state index contributed by atoms with van der Waals surface area (Å²) in [5.74, 6) is 2.96. The minimum absolute atomic E-state index is 0.0111. The molecule has 0 bridgehead atoms. The lowest BCUT2D eigenvalue weighted by Crippen LogP contribution is -2.61. The number of benzene rings is 5. The molecule has 0 unspecified atom stereocenters. The van der Waals surface area contributed by atoms with E-state index in [-0.39, 0.29) is 33.8 Å². The van der Waals surface area contributed by atoms with E-state index in [1.165, 1.54) is 127 Å². The molecule has 0 N–H and O–H groups in total. The maximum Gasteiger partial charge on any atom is 0.264 e. The summed E-state index contributed by atoms with van der Waals surface area (Å²) < 4.78 is 1.47. The zero-order chi connectivity index (χ0) is 55.0. The highest BCUT2D eigenvalue weighted by Crippen LogP contribution is 2.57. The van der Waals surface area contributed by atoms with Crippen LogP contribution in [0.2, 0.25) is 0 Å². The predicted octanol–water partition coefficient (Wildman–Crippen LogP) is 2.09. The van der Waals surface area contributed by atoms with Gasteiger partial charge in [0.15, 0.2) is 0 Å². The molecule has 6 aromatic rings. The molecule has 0 saturated carbocycles. The zero-order valence-electron chi connectivity index (χ0n) is 50.0. The normalized spacial score (nSPS) is 16.2. The largest absolute Gasteiger partial charge is 0.339 e. The summed E-state index contributed by atoms with van der Waals surface area (Å²) in [5.41, 5.74) is 29.6. The molecule has 75 heavy (non-hydrogen) atoms. The average molecular weight is 992 g/mol. The van der Waals surface area contributed by atoms with E-state index in [4.69, 9.17) is 6.42 Å². The SMILES string of the molecule is B/C(C#C)=C(B)/C(B)=C(/B)CN(c1cc2c3c(c1)N(c1ccc(C(C)(C)C)cc1)c1c(sc4c1C(C)(C)CCC4(C)C)B3c1cc(C(C)(C)C)ccc1N2c1ccc(C(C)(C)C)cc1)c1c(B)c(B)c(B)c(B)c1B. The lowest BCUT2D eigenvalue weighted by molar-refractivity contribution is 0.339. The number of hydrogen-bond acceptors (Lipinski definition) is 4. The van der Waals surface area contributed by atoms with Gasteiger partial charge < -0.3 is 14.7 Å². The summed E-state index contributed by atoms with van der Waals surface area (Å²) in [7, 11) is 20.5. The van der Waals surface area contributed by atoms with Crippen LogP contribution < -0.4 is 57.7 Å². The average Bonchev–Trinajstić information content (AvgIpc) is 3.77. The van der Waals surface area contributed by atoms with Gasteiger partial charge in [-0.25, -0.2) is 0 Å². The van der Waals surface area contributed by atoms with Crippen molar-refractivity contribution >= 4 is 177 Å². The van der Waals surface area contributed by atoms with E-state index in [9.17, 15) is 0 Å². The van der Waals surface area contributed by atoms with Crippen LogP contribution >= 0.6 is 11.3 Å². The summed E-state index contributed by atoms with van der Waals surface area (Å²) in [6.45, 7) is 31.8. The molecule has 0 spiro atoms. The van der Waals surface area contributed by atoms with E-state index in [0.29, 0.717) is 6.54 Å². The molecule has 0 amide bonds. The van der Waals surface area contributed by atoms with Gasteiger partial charge in [0.25, 0.3) is 6.71 Å². The molecule has 0 saturated heterocycles. The van der Waals surface area contributed by atoms with Crippen LogP contribution in [0.5, 0.6) is 0 Å². The molecule has 3 heterocycles. The monoisotopic (exact) mass is 994 g/mol. The summed E-state index contributed by atoms with van der Waals surface area (Å²) in [6, 6.07) is 31.7. The molecule has 9 rings (SSSR count). The quantitative estimate of drug-likeness (QED) is 0.138. The van der Waals surface area contributed by atoms with Crippen LogP contribution in [0, 0.1) is 12.3 Å². The van der Waals surface area contributed by atoms with Crippen LogP contribution in [0.15, 0.2) is 101 Å². The highest BCUT2D eigenvalue weighted by atomic mass is 32.1. The fraction of sp³-hybridized carbons (Fsp3) is 0.344. The van der Waals surface area contributed by atoms with E-state index in [0.717, 1.165) is 18.3 Å². The molecule has 0 atom stereocenters. The molecule has 1 aliphatic carbocycles. The van der Waals surface area contributed by atoms with Gasteiger partial charge in [0.2, 0.25) is 0 Å². The second-order valence-electron chi connectivity index (χ2n) is 27.3. The first-order valence-electron chi connectivity index (χ1n) is 27.8. The lowest BCUT2D eigenvalue weighted by atomic mass is 9.35. The van der Waals surface area contributed by atoms with Crippen LogP contribution in [0.4, 0.5) is 45.5 Å². The number of rotatable bonds is 7. The fourth-order valence-electron chi connectivity index (χ4n) is 12.4. The highest BCUT2D eigenvalue weighted by Gasteiger charge is 2.51. The molecule has 1 aromatic heterocycles. The van der Waals surface area contributed by atoms with E-state index < -0.39 is 0 Å². The number of thiophene rings is 1. The third-order valence-electron chi connectivity index (χ3n) is 18.3. The van der Waals surface area contributed by atoms with Gasteiger partial charge in [-0.1, -0.05) is 165 Å². The predicted molar refractivity (Wildman–Crippen MR) is 361 cm³/mol. The Morgan fingerprint density at radius 1 is 0.613 bits per heavy atom. The summed E-state index contributed by atoms with van der Waals surface area (Å²) in [5, 5.41) is 0. The zero-order valence-corrected chi connectivity index (χ0v) is 50.8. The lowest BCUT2D eigenvalue weighted by Gasteiger charge is -2.46. The Labute approximate surface area is 465 Å². The second-order valence-corrected chi connectivity index (χ2v) is 28.3. The van der Waals surface area contributed by atoms with Crippen molar-refractivity contribution in [3.8, 4) is 12.3 Å². The third-order valence-corrected chi connectivity index (χ3v) is 19.9. The van der Waals surface area contributed by atoms with Gasteiger partial charge >= 0.3 is 0 Å². The van der Waals surface area contributed by atoms with Crippen molar-refractivity contribution in [1.82, 2.24) is 0 Å². The van der Waals surface area contributed by atoms with Crippen LogP contribution in [-0.2, 0) is 27.1 Å². The van der Waals surface area contributed by atoms with Crippen LogP contribution in [0.1, 0.15) is 130 Å². The standard InChI is InChI=1S/C61H77B10N3S/c1-15-38(62)45(64)46(65)39(63)31-72(54-50(69)48(67)47(66)49(68)51(54)70)37-29-42-52-43(30-37)74(36-23-18-33(19-24-36)58(5,6)7)53-44-55(61(13,14)27-26-60(44,11)12)75-56(53)71(52)40-28-34(59(8,9)10)20-25-41(40)73(42)35-21-16-32(17-22-35)57(2,3)4/h1,16-25,28-30H,26-27,31,62-70H2,2-14H3/b45-38-,46-39-. The van der Waals surface area contributed by atoms with Gasteiger partial charge in [-0.15, -0.1) is 17.4 Å². The second kappa shape index (κ2) is 18.8. The van der Waals surface area contributed by atoms with Crippen LogP contribution in [0.25, 0.3) is 0 Å². The molecule has 5 aromatic carbocycles. The summed E-state index contributed by atoms with van der Waals surface area (Å²) in [6.07, 6.45) is 8.38. The summed E-state index contributed by atoms with van der Waals surface area (Å²) >= 11 is 2.11. The maximum atomic E-state index is 6.09. The number of terminal acetylenes is 1. The van der Waals surface area contributed by atoms with Crippen molar-refractivity contribution in [3.05, 3.63) is 128 Å². The minimum atomic E-state index is -0.0471. The molecule has 3 nitrogen and oxygen atoms in total. The number of hydrogen-bond donors (Lipinski definition) is 0. The van der Waals surface area contributed by atoms with Crippen molar-refractivity contribution < 1.29 is 0 Å². The van der Waals surface area contributed by atoms with Gasteiger partial charge in [0.1, 0.15) is 70.6 Å². The molecular weight excluding hydrogens is 915 g/mol. The smallest absolute Gasteiger partial charge is 0.264 e. The Hall–Kier alpha value is -5.11. The molecular formula is C61H77B10N3S. The van der Waals surface area contributed by atoms with Crippen molar-refractivity contribution in [2.75, 3.05) is 21.2 Å². The van der Waals surface area contributed by atoms with Crippen molar-refractivity contribution in [2.24, 2.45) is 0 Å². The van der Waals surface area contributed by atoms with Crippen LogP contribution in [0.3, 0.4) is 0 Å². The molecule has 2 aliphatic heterocycles. The number of anilines is 8. The third kappa shape index (κ3) is 9.21. The van der Waals surface area contributed by atoms with Gasteiger partial charge in [0.05, 0.1) is 5.69 Å². The van der Waals surface area contributed by atoms with Gasteiger partial charge in [-0.3, -0.25) is 0 Å². The van der Waals surface area contributed by atoms with Crippen molar-refractivity contribution in [3.63, 3.8) is 0 Å². The Bertz CT molecular complexity index is 3400. The highest BCUT2D eigenvalue weighted by molar-refractivity contribution is 7.29. The van der Waals surface area contributed by atoms with Crippen molar-refractivity contribution in [1.29, 1.82) is 0 Å². The summed E-state index contributed by atoms with van der Waals surface area (Å²) in [4.78, 5) is 9.57. The van der Waals surface area contributed by atoms with E-state index >= 15 is 0 Å². The molecule has 14 heteroatoms. The first kappa shape index (κ1) is 54.7. The maximum absolute atomic E-state index is 6.09. The van der Waals surface area contributed by atoms with E-state index in [2.05, 4.69) is 271 Å². The Morgan fingerprint density at radius 2 is 1.08 bits per heavy atom.